The summed E-state index contributed by atoms with van der Waals surface area (Å²) in [5.41, 5.74) is 1.44. The third kappa shape index (κ3) is 3.48. The fourth-order valence-electron chi connectivity index (χ4n) is 3.84. The molecule has 28 heavy (non-hydrogen) atoms. The van der Waals surface area contributed by atoms with E-state index in [9.17, 15) is 9.59 Å². The van der Waals surface area contributed by atoms with Crippen molar-refractivity contribution in [2.75, 3.05) is 27.3 Å². The third-order valence-corrected chi connectivity index (χ3v) is 5.57. The van der Waals surface area contributed by atoms with Gasteiger partial charge in [-0.3, -0.25) is 9.59 Å². The zero-order valence-electron chi connectivity index (χ0n) is 16.3. The van der Waals surface area contributed by atoms with E-state index in [1.807, 2.05) is 11.0 Å². The zero-order chi connectivity index (χ0) is 19.7. The molecular weight excluding hydrogens is 358 g/mol. The van der Waals surface area contributed by atoms with Gasteiger partial charge in [0.15, 0.2) is 11.5 Å². The SMILES string of the molecule is COc1cccc(C(=O)N2CCC(n3nc(C4CC4)ccc3=O)CC2)c1OC. The number of aromatic nitrogens is 2. The Hall–Kier alpha value is -2.83. The first-order valence-corrected chi connectivity index (χ1v) is 9.72. The average molecular weight is 383 g/mol. The first-order chi connectivity index (χ1) is 13.6. The summed E-state index contributed by atoms with van der Waals surface area (Å²) in [4.78, 5) is 27.1. The predicted molar refractivity (Wildman–Crippen MR) is 104 cm³/mol. The number of hydrogen-bond donors (Lipinski definition) is 0. The van der Waals surface area contributed by atoms with Crippen molar-refractivity contribution in [3.05, 3.63) is 51.9 Å². The summed E-state index contributed by atoms with van der Waals surface area (Å²) < 4.78 is 12.3. The van der Waals surface area contributed by atoms with E-state index in [-0.39, 0.29) is 17.5 Å². The highest BCUT2D eigenvalue weighted by Gasteiger charge is 2.30. The van der Waals surface area contributed by atoms with Crippen LogP contribution in [0.25, 0.3) is 0 Å². The standard InChI is InChI=1S/C21H25N3O4/c1-27-18-5-3-4-16(20(18)28-2)21(26)23-12-10-15(11-13-23)24-19(25)9-8-17(22-24)14-6-7-14/h3-5,8-9,14-15H,6-7,10-13H2,1-2H3. The van der Waals surface area contributed by atoms with Gasteiger partial charge in [-0.2, -0.15) is 5.10 Å². The molecule has 7 nitrogen and oxygen atoms in total. The monoisotopic (exact) mass is 383 g/mol. The Bertz CT molecular complexity index is 927. The number of methoxy groups -OCH3 is 2. The van der Waals surface area contributed by atoms with E-state index in [2.05, 4.69) is 5.10 Å². The van der Waals surface area contributed by atoms with E-state index in [1.165, 1.54) is 7.11 Å². The van der Waals surface area contributed by atoms with Crippen LogP contribution >= 0.6 is 0 Å². The molecule has 2 heterocycles. The molecule has 1 amide bonds. The van der Waals surface area contributed by atoms with Gasteiger partial charge in [0.2, 0.25) is 0 Å². The number of nitrogens with zero attached hydrogens (tertiary/aromatic N) is 3. The Labute approximate surface area is 163 Å². The van der Waals surface area contributed by atoms with Crippen LogP contribution in [0.5, 0.6) is 11.5 Å². The second-order valence-electron chi connectivity index (χ2n) is 7.38. The summed E-state index contributed by atoms with van der Waals surface area (Å²) in [7, 11) is 3.09. The molecule has 0 unspecified atom stereocenters. The first kappa shape index (κ1) is 18.5. The van der Waals surface area contributed by atoms with E-state index in [1.54, 1.807) is 36.1 Å². The topological polar surface area (TPSA) is 73.7 Å². The first-order valence-electron chi connectivity index (χ1n) is 9.72. The average Bonchev–Trinajstić information content (AvgIpc) is 3.58. The van der Waals surface area contributed by atoms with Gasteiger partial charge in [0.25, 0.3) is 11.5 Å². The fraction of sp³-hybridized carbons (Fsp3) is 0.476. The van der Waals surface area contributed by atoms with Crippen molar-refractivity contribution in [2.24, 2.45) is 0 Å². The summed E-state index contributed by atoms with van der Waals surface area (Å²) in [6.45, 7) is 1.15. The van der Waals surface area contributed by atoms with Crippen molar-refractivity contribution < 1.29 is 14.3 Å². The van der Waals surface area contributed by atoms with Crippen LogP contribution < -0.4 is 15.0 Å². The van der Waals surface area contributed by atoms with E-state index in [0.717, 1.165) is 18.5 Å². The van der Waals surface area contributed by atoms with Crippen molar-refractivity contribution in [2.45, 2.75) is 37.6 Å². The van der Waals surface area contributed by atoms with Gasteiger partial charge in [-0.05, 0) is 43.9 Å². The molecule has 0 radical (unpaired) electrons. The molecule has 0 spiro atoms. The third-order valence-electron chi connectivity index (χ3n) is 5.57. The molecule has 0 atom stereocenters. The minimum atomic E-state index is -0.0822. The van der Waals surface area contributed by atoms with Gasteiger partial charge in [-0.25, -0.2) is 4.68 Å². The molecule has 1 aromatic carbocycles. The van der Waals surface area contributed by atoms with Gasteiger partial charge in [0.1, 0.15) is 0 Å². The van der Waals surface area contributed by atoms with Crippen molar-refractivity contribution in [1.82, 2.24) is 14.7 Å². The second kappa shape index (κ2) is 7.66. The summed E-state index contributed by atoms with van der Waals surface area (Å²) in [6.07, 6.45) is 3.72. The summed E-state index contributed by atoms with van der Waals surface area (Å²) in [5, 5.41) is 4.60. The maximum atomic E-state index is 13.0. The molecular formula is C21H25N3O4. The molecule has 0 N–H and O–H groups in total. The summed E-state index contributed by atoms with van der Waals surface area (Å²) in [5.74, 6) is 1.42. The molecule has 1 aromatic heterocycles. The summed E-state index contributed by atoms with van der Waals surface area (Å²) >= 11 is 0. The lowest BCUT2D eigenvalue weighted by molar-refractivity contribution is 0.0683. The van der Waals surface area contributed by atoms with Crippen LogP contribution in [0, 0.1) is 0 Å². The molecule has 0 bridgehead atoms. The number of ether oxygens (including phenoxy) is 2. The quantitative estimate of drug-likeness (QED) is 0.794. The van der Waals surface area contributed by atoms with Gasteiger partial charge in [-0.1, -0.05) is 6.07 Å². The highest BCUT2D eigenvalue weighted by Crippen LogP contribution is 2.38. The van der Waals surface area contributed by atoms with Crippen molar-refractivity contribution in [3.8, 4) is 11.5 Å². The number of benzene rings is 1. The predicted octanol–water partition coefficient (Wildman–Crippen LogP) is 2.62. The number of carbonyl (C=O) groups is 1. The number of carbonyl (C=O) groups excluding carboxylic acids is 1. The lowest BCUT2D eigenvalue weighted by atomic mass is 10.0. The Morgan fingerprint density at radius 2 is 1.79 bits per heavy atom. The normalized spacial score (nSPS) is 17.4. The van der Waals surface area contributed by atoms with Gasteiger partial charge < -0.3 is 14.4 Å². The zero-order valence-corrected chi connectivity index (χ0v) is 16.3. The van der Waals surface area contributed by atoms with E-state index in [4.69, 9.17) is 9.47 Å². The molecule has 7 heteroatoms. The van der Waals surface area contributed by atoms with Gasteiger partial charge >= 0.3 is 0 Å². The summed E-state index contributed by atoms with van der Waals surface area (Å²) in [6, 6.07) is 8.81. The Morgan fingerprint density at radius 1 is 1.04 bits per heavy atom. The van der Waals surface area contributed by atoms with E-state index in [0.29, 0.717) is 48.9 Å². The Balaban J connectivity index is 1.48. The number of amides is 1. The Kier molecular flexibility index (Phi) is 5.07. The number of para-hydroxylation sites is 1. The lowest BCUT2D eigenvalue weighted by Crippen LogP contribution is -2.41. The molecule has 1 saturated heterocycles. The van der Waals surface area contributed by atoms with Crippen molar-refractivity contribution >= 4 is 5.91 Å². The minimum absolute atomic E-state index is 0.0301. The van der Waals surface area contributed by atoms with E-state index < -0.39 is 0 Å². The highest BCUT2D eigenvalue weighted by atomic mass is 16.5. The van der Waals surface area contributed by atoms with E-state index >= 15 is 0 Å². The maximum Gasteiger partial charge on any atom is 0.267 e. The molecule has 2 aliphatic rings. The van der Waals surface area contributed by atoms with Gasteiger partial charge in [-0.15, -0.1) is 0 Å². The number of hydrogen-bond acceptors (Lipinski definition) is 5. The minimum Gasteiger partial charge on any atom is -0.493 e. The molecule has 2 fully saturated rings. The fourth-order valence-corrected chi connectivity index (χ4v) is 3.84. The van der Waals surface area contributed by atoms with Gasteiger partial charge in [0.05, 0.1) is 31.5 Å². The largest absolute Gasteiger partial charge is 0.493 e. The van der Waals surface area contributed by atoms with Crippen LogP contribution in [0.2, 0.25) is 0 Å². The van der Waals surface area contributed by atoms with Crippen LogP contribution in [-0.4, -0.2) is 47.9 Å². The molecule has 4 rings (SSSR count). The molecule has 148 valence electrons. The second-order valence-corrected chi connectivity index (χ2v) is 7.38. The van der Waals surface area contributed by atoms with Crippen LogP contribution in [0.15, 0.2) is 35.1 Å². The van der Waals surface area contributed by atoms with Crippen LogP contribution in [0.3, 0.4) is 0 Å². The van der Waals surface area contributed by atoms with Crippen LogP contribution in [-0.2, 0) is 0 Å². The maximum absolute atomic E-state index is 13.0. The van der Waals surface area contributed by atoms with Crippen molar-refractivity contribution in [1.29, 1.82) is 0 Å². The van der Waals surface area contributed by atoms with Crippen LogP contribution in [0.4, 0.5) is 0 Å². The van der Waals surface area contributed by atoms with Gasteiger partial charge in [0, 0.05) is 25.1 Å². The number of piperidine rings is 1. The number of likely N-dealkylation sites (tertiary alicyclic amines) is 1. The molecule has 2 aromatic rings. The smallest absolute Gasteiger partial charge is 0.267 e. The van der Waals surface area contributed by atoms with Crippen molar-refractivity contribution in [3.63, 3.8) is 0 Å². The molecule has 1 aliphatic heterocycles. The molecule has 1 aliphatic carbocycles. The number of rotatable bonds is 5. The van der Waals surface area contributed by atoms with Crippen LogP contribution in [0.1, 0.15) is 53.7 Å². The Morgan fingerprint density at radius 3 is 2.43 bits per heavy atom. The lowest BCUT2D eigenvalue weighted by Gasteiger charge is -2.32. The highest BCUT2D eigenvalue weighted by molar-refractivity contribution is 5.97. The molecule has 1 saturated carbocycles.